The van der Waals surface area contributed by atoms with E-state index in [1.807, 2.05) is 36.6 Å². The standard InChI is InChI=1S/C16H14ClN3OS2/c1-10-18-13(8-22-10)7-20(2)16(21)14-9-23-15(19-14)11-3-5-12(17)6-4-11/h3-6,8-9H,7H2,1-2H3. The highest BCUT2D eigenvalue weighted by Gasteiger charge is 2.17. The SMILES string of the molecule is Cc1nc(CN(C)C(=O)c2csc(-c3ccc(Cl)cc3)n2)cs1. The quantitative estimate of drug-likeness (QED) is 0.685. The van der Waals surface area contributed by atoms with Crippen molar-refractivity contribution in [2.75, 3.05) is 7.05 Å². The van der Waals surface area contributed by atoms with Gasteiger partial charge in [-0.2, -0.15) is 0 Å². The number of amides is 1. The zero-order valence-corrected chi connectivity index (χ0v) is 15.0. The predicted octanol–water partition coefficient (Wildman–Crippen LogP) is 4.50. The number of hydrogen-bond acceptors (Lipinski definition) is 5. The highest BCUT2D eigenvalue weighted by Crippen LogP contribution is 2.25. The summed E-state index contributed by atoms with van der Waals surface area (Å²) in [5, 5.41) is 6.25. The van der Waals surface area contributed by atoms with Crippen LogP contribution in [0.2, 0.25) is 5.02 Å². The molecule has 0 saturated heterocycles. The molecule has 0 radical (unpaired) electrons. The second-order valence-electron chi connectivity index (χ2n) is 5.06. The second kappa shape index (κ2) is 6.78. The minimum absolute atomic E-state index is 0.105. The van der Waals surface area contributed by atoms with Crippen LogP contribution in [-0.4, -0.2) is 27.8 Å². The number of carbonyl (C=O) groups is 1. The fourth-order valence-corrected chi connectivity index (χ4v) is 3.62. The Balaban J connectivity index is 1.74. The topological polar surface area (TPSA) is 46.1 Å². The molecule has 7 heteroatoms. The van der Waals surface area contributed by atoms with E-state index < -0.39 is 0 Å². The van der Waals surface area contributed by atoms with Crippen molar-refractivity contribution < 1.29 is 4.79 Å². The van der Waals surface area contributed by atoms with Crippen LogP contribution in [0.1, 0.15) is 21.2 Å². The molecule has 3 aromatic rings. The third-order valence-corrected chi connectivity index (χ3v) is 5.19. The summed E-state index contributed by atoms with van der Waals surface area (Å²) in [5.41, 5.74) is 2.31. The Bertz CT molecular complexity index is 826. The molecule has 0 fully saturated rings. The molecule has 0 unspecified atom stereocenters. The van der Waals surface area contributed by atoms with Gasteiger partial charge < -0.3 is 4.90 Å². The zero-order chi connectivity index (χ0) is 16.4. The van der Waals surface area contributed by atoms with Gasteiger partial charge in [-0.05, 0) is 19.1 Å². The lowest BCUT2D eigenvalue weighted by atomic mass is 10.2. The molecule has 2 heterocycles. The normalized spacial score (nSPS) is 10.7. The number of aromatic nitrogens is 2. The Morgan fingerprint density at radius 2 is 1.91 bits per heavy atom. The molecule has 1 aromatic carbocycles. The van der Waals surface area contributed by atoms with Crippen LogP contribution in [0.5, 0.6) is 0 Å². The fraction of sp³-hybridized carbons (Fsp3) is 0.188. The van der Waals surface area contributed by atoms with Crippen LogP contribution in [-0.2, 0) is 6.54 Å². The summed E-state index contributed by atoms with van der Waals surface area (Å²) < 4.78 is 0. The third-order valence-electron chi connectivity index (χ3n) is 3.23. The number of thiazole rings is 2. The maximum atomic E-state index is 12.5. The lowest BCUT2D eigenvalue weighted by Gasteiger charge is -2.14. The van der Waals surface area contributed by atoms with E-state index in [-0.39, 0.29) is 5.91 Å². The Hall–Kier alpha value is -1.76. The molecule has 3 rings (SSSR count). The second-order valence-corrected chi connectivity index (χ2v) is 7.42. The summed E-state index contributed by atoms with van der Waals surface area (Å²) in [4.78, 5) is 22.9. The van der Waals surface area contributed by atoms with Crippen molar-refractivity contribution in [1.29, 1.82) is 0 Å². The van der Waals surface area contributed by atoms with Crippen LogP contribution in [0.3, 0.4) is 0 Å². The van der Waals surface area contributed by atoms with E-state index in [2.05, 4.69) is 9.97 Å². The van der Waals surface area contributed by atoms with Crippen molar-refractivity contribution in [2.45, 2.75) is 13.5 Å². The van der Waals surface area contributed by atoms with E-state index in [9.17, 15) is 4.79 Å². The van der Waals surface area contributed by atoms with Crippen LogP contribution in [0.15, 0.2) is 35.0 Å². The van der Waals surface area contributed by atoms with E-state index in [4.69, 9.17) is 11.6 Å². The van der Waals surface area contributed by atoms with Gasteiger partial charge in [-0.1, -0.05) is 23.7 Å². The fourth-order valence-electron chi connectivity index (χ4n) is 2.09. The molecule has 0 aliphatic carbocycles. The lowest BCUT2D eigenvalue weighted by molar-refractivity contribution is 0.0778. The van der Waals surface area contributed by atoms with Gasteiger partial charge in [0.15, 0.2) is 0 Å². The Morgan fingerprint density at radius 3 is 2.57 bits per heavy atom. The lowest BCUT2D eigenvalue weighted by Crippen LogP contribution is -2.26. The highest BCUT2D eigenvalue weighted by atomic mass is 35.5. The average molecular weight is 364 g/mol. The molecule has 0 N–H and O–H groups in total. The monoisotopic (exact) mass is 363 g/mol. The maximum Gasteiger partial charge on any atom is 0.273 e. The first-order chi connectivity index (χ1) is 11.0. The van der Waals surface area contributed by atoms with E-state index in [0.717, 1.165) is 21.3 Å². The minimum atomic E-state index is -0.105. The highest BCUT2D eigenvalue weighted by molar-refractivity contribution is 7.13. The zero-order valence-electron chi connectivity index (χ0n) is 12.6. The molecule has 0 aliphatic rings. The molecule has 1 amide bonds. The molecule has 0 bridgehead atoms. The van der Waals surface area contributed by atoms with Gasteiger partial charge in [0, 0.05) is 28.4 Å². The molecule has 0 aliphatic heterocycles. The number of aryl methyl sites for hydroxylation is 1. The summed E-state index contributed by atoms with van der Waals surface area (Å²) in [5.74, 6) is -0.105. The summed E-state index contributed by atoms with van der Waals surface area (Å²) in [6, 6.07) is 7.43. The van der Waals surface area contributed by atoms with Gasteiger partial charge >= 0.3 is 0 Å². The average Bonchev–Trinajstić information content (AvgIpc) is 3.16. The third kappa shape index (κ3) is 3.77. The van der Waals surface area contributed by atoms with Crippen molar-refractivity contribution in [3.05, 3.63) is 56.4 Å². The molecule has 0 spiro atoms. The smallest absolute Gasteiger partial charge is 0.273 e. The van der Waals surface area contributed by atoms with Crippen LogP contribution in [0.4, 0.5) is 0 Å². The molecule has 0 saturated carbocycles. The summed E-state index contributed by atoms with van der Waals surface area (Å²) in [6.45, 7) is 2.44. The van der Waals surface area contributed by atoms with E-state index >= 15 is 0 Å². The number of benzene rings is 1. The first-order valence-corrected chi connectivity index (χ1v) is 9.04. The van der Waals surface area contributed by atoms with Crippen LogP contribution in [0.25, 0.3) is 10.6 Å². The van der Waals surface area contributed by atoms with E-state index in [1.54, 1.807) is 28.7 Å². The van der Waals surface area contributed by atoms with Crippen LogP contribution >= 0.6 is 34.3 Å². The van der Waals surface area contributed by atoms with Crippen molar-refractivity contribution in [3.8, 4) is 10.6 Å². The number of halogens is 1. The summed E-state index contributed by atoms with van der Waals surface area (Å²) in [6.07, 6.45) is 0. The molecule has 118 valence electrons. The predicted molar refractivity (Wildman–Crippen MR) is 95.2 cm³/mol. The summed E-state index contributed by atoms with van der Waals surface area (Å²) >= 11 is 8.92. The minimum Gasteiger partial charge on any atom is -0.334 e. The van der Waals surface area contributed by atoms with Gasteiger partial charge in [0.1, 0.15) is 10.7 Å². The number of nitrogens with zero attached hydrogens (tertiary/aromatic N) is 3. The first kappa shape index (κ1) is 16.1. The van der Waals surface area contributed by atoms with E-state index in [0.29, 0.717) is 17.3 Å². The van der Waals surface area contributed by atoms with Crippen molar-refractivity contribution in [3.63, 3.8) is 0 Å². The number of hydrogen-bond donors (Lipinski definition) is 0. The molecule has 0 atom stereocenters. The van der Waals surface area contributed by atoms with Crippen LogP contribution in [0, 0.1) is 6.92 Å². The Labute approximate surface area is 147 Å². The van der Waals surface area contributed by atoms with E-state index in [1.165, 1.54) is 11.3 Å². The van der Waals surface area contributed by atoms with Gasteiger partial charge in [-0.15, -0.1) is 22.7 Å². The van der Waals surface area contributed by atoms with Crippen molar-refractivity contribution in [2.24, 2.45) is 0 Å². The van der Waals surface area contributed by atoms with Gasteiger partial charge in [-0.3, -0.25) is 4.79 Å². The first-order valence-electron chi connectivity index (χ1n) is 6.91. The molecule has 2 aromatic heterocycles. The van der Waals surface area contributed by atoms with Gasteiger partial charge in [-0.25, -0.2) is 9.97 Å². The number of rotatable bonds is 4. The largest absolute Gasteiger partial charge is 0.334 e. The maximum absolute atomic E-state index is 12.5. The molecule has 4 nitrogen and oxygen atoms in total. The molecule has 23 heavy (non-hydrogen) atoms. The molecular weight excluding hydrogens is 350 g/mol. The Morgan fingerprint density at radius 1 is 1.17 bits per heavy atom. The Kier molecular flexibility index (Phi) is 4.75. The number of carbonyl (C=O) groups excluding carboxylic acids is 1. The van der Waals surface area contributed by atoms with Crippen LogP contribution < -0.4 is 0 Å². The molecular formula is C16H14ClN3OS2. The van der Waals surface area contributed by atoms with Crippen molar-refractivity contribution >= 4 is 40.2 Å². The van der Waals surface area contributed by atoms with Crippen molar-refractivity contribution in [1.82, 2.24) is 14.9 Å². The van der Waals surface area contributed by atoms with Gasteiger partial charge in [0.25, 0.3) is 5.91 Å². The summed E-state index contributed by atoms with van der Waals surface area (Å²) in [7, 11) is 1.76. The van der Waals surface area contributed by atoms with Gasteiger partial charge in [0.2, 0.25) is 0 Å². The van der Waals surface area contributed by atoms with Gasteiger partial charge in [0.05, 0.1) is 17.2 Å².